The summed E-state index contributed by atoms with van der Waals surface area (Å²) in [5.41, 5.74) is 8.63. The largest absolute Gasteiger partial charge is 0.352 e. The molecule has 1 aliphatic heterocycles. The first-order chi connectivity index (χ1) is 9.70. The minimum atomic E-state index is 0.151. The summed E-state index contributed by atoms with van der Waals surface area (Å²) in [5.74, 6) is 0.151. The van der Waals surface area contributed by atoms with Gasteiger partial charge < -0.3 is 11.1 Å². The first-order valence-electron chi connectivity index (χ1n) is 7.55. The van der Waals surface area contributed by atoms with Crippen LogP contribution in [0.1, 0.15) is 24.0 Å². The number of hydrogen-bond acceptors (Lipinski definition) is 3. The number of benzene rings is 1. The monoisotopic (exact) mass is 273 g/mol. The number of amides is 1. The molecule has 3 N–H and O–H groups in total. The van der Waals surface area contributed by atoms with Crippen LogP contribution in [0.5, 0.6) is 0 Å². The summed E-state index contributed by atoms with van der Waals surface area (Å²) in [6.45, 7) is 2.40. The Labute approximate surface area is 120 Å². The third-order valence-corrected chi connectivity index (χ3v) is 4.42. The third-order valence-electron chi connectivity index (χ3n) is 4.42. The van der Waals surface area contributed by atoms with Gasteiger partial charge in [-0.25, -0.2) is 0 Å². The number of piperidine rings is 1. The zero-order chi connectivity index (χ0) is 13.9. The summed E-state index contributed by atoms with van der Waals surface area (Å²) in [4.78, 5) is 14.3. The van der Waals surface area contributed by atoms with Crippen LogP contribution in [-0.2, 0) is 17.6 Å². The van der Waals surface area contributed by atoms with Crippen LogP contribution in [0.25, 0.3) is 0 Å². The summed E-state index contributed by atoms with van der Waals surface area (Å²) in [6, 6.07) is 9.05. The fourth-order valence-corrected chi connectivity index (χ4v) is 3.25. The number of nitrogens with two attached hydrogens (primary N) is 1. The molecule has 0 saturated carbocycles. The van der Waals surface area contributed by atoms with E-state index >= 15 is 0 Å². The van der Waals surface area contributed by atoms with Gasteiger partial charge in [0.05, 0.1) is 6.54 Å². The molecule has 2 aliphatic rings. The number of likely N-dealkylation sites (tertiary alicyclic amines) is 1. The highest BCUT2D eigenvalue weighted by atomic mass is 16.2. The molecular weight excluding hydrogens is 250 g/mol. The Kier molecular flexibility index (Phi) is 4.03. The molecule has 1 aromatic carbocycles. The van der Waals surface area contributed by atoms with Crippen molar-refractivity contribution in [3.8, 4) is 0 Å². The molecule has 0 bridgehead atoms. The minimum absolute atomic E-state index is 0.151. The number of carbonyl (C=O) groups is 1. The fraction of sp³-hybridized carbons (Fsp3) is 0.562. The standard InChI is InChI=1S/C16H23N3O/c17-14-5-7-19(8-6-14)11-16(20)18-15-9-12-3-1-2-4-13(12)10-15/h1-4,14-15H,5-11,17H2,(H,18,20). The molecule has 0 radical (unpaired) electrons. The van der Waals surface area contributed by atoms with Crippen LogP contribution in [-0.4, -0.2) is 42.5 Å². The predicted octanol–water partition coefficient (Wildman–Crippen LogP) is 0.693. The molecule has 20 heavy (non-hydrogen) atoms. The lowest BCUT2D eigenvalue weighted by Crippen LogP contribution is -2.46. The van der Waals surface area contributed by atoms with Gasteiger partial charge in [-0.15, -0.1) is 0 Å². The summed E-state index contributed by atoms with van der Waals surface area (Å²) >= 11 is 0. The fourth-order valence-electron chi connectivity index (χ4n) is 3.25. The first-order valence-corrected chi connectivity index (χ1v) is 7.55. The van der Waals surface area contributed by atoms with Crippen molar-refractivity contribution in [2.75, 3.05) is 19.6 Å². The van der Waals surface area contributed by atoms with Gasteiger partial charge in [0.15, 0.2) is 0 Å². The van der Waals surface area contributed by atoms with E-state index in [0.717, 1.165) is 38.8 Å². The maximum Gasteiger partial charge on any atom is 0.234 e. The van der Waals surface area contributed by atoms with Gasteiger partial charge in [-0.1, -0.05) is 24.3 Å². The normalized spacial score (nSPS) is 20.9. The molecule has 1 fully saturated rings. The lowest BCUT2D eigenvalue weighted by Gasteiger charge is -2.29. The van der Waals surface area contributed by atoms with Crippen molar-refractivity contribution < 1.29 is 4.79 Å². The molecule has 0 unspecified atom stereocenters. The highest BCUT2D eigenvalue weighted by molar-refractivity contribution is 5.78. The van der Waals surface area contributed by atoms with E-state index in [1.165, 1.54) is 11.1 Å². The Balaban J connectivity index is 1.46. The van der Waals surface area contributed by atoms with E-state index in [9.17, 15) is 4.79 Å². The van der Waals surface area contributed by atoms with Gasteiger partial charge in [0, 0.05) is 25.2 Å². The molecule has 1 aliphatic carbocycles. The van der Waals surface area contributed by atoms with Crippen LogP contribution in [0.2, 0.25) is 0 Å². The molecule has 1 aromatic rings. The Morgan fingerprint density at radius 2 is 1.80 bits per heavy atom. The van der Waals surface area contributed by atoms with E-state index in [4.69, 9.17) is 5.73 Å². The summed E-state index contributed by atoms with van der Waals surface area (Å²) in [6.07, 6.45) is 3.93. The molecular formula is C16H23N3O. The van der Waals surface area contributed by atoms with Gasteiger partial charge in [0.2, 0.25) is 5.91 Å². The van der Waals surface area contributed by atoms with Crippen LogP contribution >= 0.6 is 0 Å². The van der Waals surface area contributed by atoms with E-state index < -0.39 is 0 Å². The highest BCUT2D eigenvalue weighted by Crippen LogP contribution is 2.21. The number of nitrogens with zero attached hydrogens (tertiary/aromatic N) is 1. The van der Waals surface area contributed by atoms with Gasteiger partial charge in [-0.2, -0.15) is 0 Å². The smallest absolute Gasteiger partial charge is 0.234 e. The van der Waals surface area contributed by atoms with Crippen LogP contribution < -0.4 is 11.1 Å². The number of hydrogen-bond donors (Lipinski definition) is 2. The Bertz CT molecular complexity index is 455. The maximum atomic E-state index is 12.1. The van der Waals surface area contributed by atoms with Gasteiger partial charge in [0.25, 0.3) is 0 Å². The quantitative estimate of drug-likeness (QED) is 0.852. The van der Waals surface area contributed by atoms with Crippen molar-refractivity contribution in [2.45, 2.75) is 37.8 Å². The molecule has 108 valence electrons. The van der Waals surface area contributed by atoms with Gasteiger partial charge in [-0.3, -0.25) is 9.69 Å². The lowest BCUT2D eigenvalue weighted by molar-refractivity contribution is -0.123. The SMILES string of the molecule is NC1CCN(CC(=O)NC2Cc3ccccc3C2)CC1. The van der Waals surface area contributed by atoms with Gasteiger partial charge in [-0.05, 0) is 36.8 Å². The lowest BCUT2D eigenvalue weighted by atomic mass is 10.1. The molecule has 1 amide bonds. The minimum Gasteiger partial charge on any atom is -0.352 e. The van der Waals surface area contributed by atoms with Crippen LogP contribution in [0, 0.1) is 0 Å². The molecule has 3 rings (SSSR count). The molecule has 0 aromatic heterocycles. The summed E-state index contributed by atoms with van der Waals surface area (Å²) < 4.78 is 0. The molecule has 0 spiro atoms. The molecule has 4 nitrogen and oxygen atoms in total. The molecule has 1 saturated heterocycles. The van der Waals surface area contributed by atoms with Crippen molar-refractivity contribution in [3.05, 3.63) is 35.4 Å². The molecule has 1 heterocycles. The summed E-state index contributed by atoms with van der Waals surface area (Å²) in [7, 11) is 0. The average Bonchev–Trinajstić information content (AvgIpc) is 2.83. The predicted molar refractivity (Wildman–Crippen MR) is 79.4 cm³/mol. The second-order valence-corrected chi connectivity index (χ2v) is 6.05. The van der Waals surface area contributed by atoms with Crippen molar-refractivity contribution in [2.24, 2.45) is 5.73 Å². The van der Waals surface area contributed by atoms with Crippen molar-refractivity contribution >= 4 is 5.91 Å². The third kappa shape index (κ3) is 3.19. The number of nitrogens with one attached hydrogen (secondary N) is 1. The van der Waals surface area contributed by atoms with Crippen LogP contribution in [0.3, 0.4) is 0 Å². The molecule has 4 heteroatoms. The number of rotatable bonds is 3. The first kappa shape index (κ1) is 13.6. The van der Waals surface area contributed by atoms with E-state index in [2.05, 4.69) is 34.5 Å². The summed E-state index contributed by atoms with van der Waals surface area (Å²) in [5, 5.41) is 3.17. The maximum absolute atomic E-state index is 12.1. The number of fused-ring (bicyclic) bond motifs is 1. The average molecular weight is 273 g/mol. The van der Waals surface area contributed by atoms with E-state index in [1.807, 2.05) is 0 Å². The van der Waals surface area contributed by atoms with Crippen molar-refractivity contribution in [1.29, 1.82) is 0 Å². The number of carbonyl (C=O) groups excluding carboxylic acids is 1. The second-order valence-electron chi connectivity index (χ2n) is 6.05. The van der Waals surface area contributed by atoms with E-state index in [-0.39, 0.29) is 11.9 Å². The Hall–Kier alpha value is -1.39. The van der Waals surface area contributed by atoms with Crippen LogP contribution in [0.15, 0.2) is 24.3 Å². The zero-order valence-electron chi connectivity index (χ0n) is 11.8. The van der Waals surface area contributed by atoms with Gasteiger partial charge in [0.1, 0.15) is 0 Å². The topological polar surface area (TPSA) is 58.4 Å². The second kappa shape index (κ2) is 5.94. The van der Waals surface area contributed by atoms with Crippen LogP contribution in [0.4, 0.5) is 0 Å². The van der Waals surface area contributed by atoms with E-state index in [0.29, 0.717) is 12.6 Å². The van der Waals surface area contributed by atoms with Crippen molar-refractivity contribution in [3.63, 3.8) is 0 Å². The van der Waals surface area contributed by atoms with Crippen molar-refractivity contribution in [1.82, 2.24) is 10.2 Å². The zero-order valence-corrected chi connectivity index (χ0v) is 11.8. The Morgan fingerprint density at radius 3 is 2.40 bits per heavy atom. The molecule has 0 atom stereocenters. The highest BCUT2D eigenvalue weighted by Gasteiger charge is 2.24. The Morgan fingerprint density at radius 1 is 1.20 bits per heavy atom. The van der Waals surface area contributed by atoms with E-state index in [1.54, 1.807) is 0 Å². The van der Waals surface area contributed by atoms with Gasteiger partial charge >= 0.3 is 0 Å².